The molecule has 1 aromatic rings. The van der Waals surface area contributed by atoms with Crippen LogP contribution < -0.4 is 5.32 Å². The molecule has 0 radical (unpaired) electrons. The molecule has 1 saturated carbocycles. The quantitative estimate of drug-likeness (QED) is 0.823. The van der Waals surface area contributed by atoms with Gasteiger partial charge in [0, 0.05) is 25.8 Å². The molecule has 2 atom stereocenters. The van der Waals surface area contributed by atoms with Crippen molar-refractivity contribution in [3.8, 4) is 0 Å². The second-order valence-corrected chi connectivity index (χ2v) is 5.53. The van der Waals surface area contributed by atoms with Gasteiger partial charge in [-0.2, -0.15) is 5.10 Å². The van der Waals surface area contributed by atoms with E-state index in [1.165, 1.54) is 31.4 Å². The Morgan fingerprint density at radius 1 is 1.47 bits per heavy atom. The molecule has 4 nitrogen and oxygen atoms in total. The average molecular weight is 265 g/mol. The van der Waals surface area contributed by atoms with Crippen molar-refractivity contribution in [2.24, 2.45) is 0 Å². The van der Waals surface area contributed by atoms with Crippen molar-refractivity contribution in [2.45, 2.75) is 64.1 Å². The number of hydrogen-bond acceptors (Lipinski definition) is 3. The Morgan fingerprint density at radius 3 is 2.84 bits per heavy atom. The molecule has 0 spiro atoms. The molecule has 2 unspecified atom stereocenters. The predicted molar refractivity (Wildman–Crippen MR) is 77.4 cm³/mol. The van der Waals surface area contributed by atoms with Gasteiger partial charge in [0.2, 0.25) is 0 Å². The van der Waals surface area contributed by atoms with Crippen molar-refractivity contribution < 1.29 is 4.74 Å². The van der Waals surface area contributed by atoms with Gasteiger partial charge in [0.05, 0.1) is 17.8 Å². The van der Waals surface area contributed by atoms with E-state index in [1.54, 1.807) is 7.11 Å². The molecule has 0 bridgehead atoms. The molecule has 0 saturated heterocycles. The van der Waals surface area contributed by atoms with Crippen molar-refractivity contribution in [1.29, 1.82) is 0 Å². The molecule has 1 aromatic heterocycles. The van der Waals surface area contributed by atoms with Crippen LogP contribution in [-0.2, 0) is 11.2 Å². The first kappa shape index (κ1) is 14.5. The maximum Gasteiger partial charge on any atom is 0.0700 e. The number of likely N-dealkylation sites (N-methyl/N-ethyl adjacent to an activating group) is 1. The van der Waals surface area contributed by atoms with Gasteiger partial charge in [-0.3, -0.25) is 4.68 Å². The molecule has 19 heavy (non-hydrogen) atoms. The van der Waals surface area contributed by atoms with Gasteiger partial charge >= 0.3 is 0 Å². The molecule has 0 aromatic carbocycles. The van der Waals surface area contributed by atoms with Gasteiger partial charge in [-0.1, -0.05) is 19.8 Å². The van der Waals surface area contributed by atoms with Crippen molar-refractivity contribution in [3.63, 3.8) is 0 Å². The highest BCUT2D eigenvalue weighted by Crippen LogP contribution is 2.28. The maximum atomic E-state index is 5.45. The predicted octanol–water partition coefficient (Wildman–Crippen LogP) is 2.55. The second kappa shape index (κ2) is 7.06. The largest absolute Gasteiger partial charge is 0.380 e. The minimum atomic E-state index is 0.205. The molecular formula is C15H27N3O. The van der Waals surface area contributed by atoms with Gasteiger partial charge in [0.1, 0.15) is 0 Å². The number of rotatable bonds is 7. The summed E-state index contributed by atoms with van der Waals surface area (Å²) in [6.07, 6.45) is 8.55. The highest BCUT2D eigenvalue weighted by molar-refractivity contribution is 5.03. The second-order valence-electron chi connectivity index (χ2n) is 5.53. The highest BCUT2D eigenvalue weighted by atomic mass is 16.5. The summed E-state index contributed by atoms with van der Waals surface area (Å²) >= 11 is 0. The van der Waals surface area contributed by atoms with Crippen molar-refractivity contribution >= 4 is 0 Å². The van der Waals surface area contributed by atoms with Crippen molar-refractivity contribution in [2.75, 3.05) is 13.7 Å². The Bertz CT molecular complexity index is 371. The normalized spacial score (nSPS) is 19.7. The lowest BCUT2D eigenvalue weighted by Gasteiger charge is -2.22. The minimum absolute atomic E-state index is 0.205. The molecule has 0 aliphatic heterocycles. The number of hydrogen-bond donors (Lipinski definition) is 1. The summed E-state index contributed by atoms with van der Waals surface area (Å²) in [6, 6.07) is 3.12. The van der Waals surface area contributed by atoms with Crippen LogP contribution in [0.2, 0.25) is 0 Å². The maximum absolute atomic E-state index is 5.45. The third-order valence-electron chi connectivity index (χ3n) is 4.20. The van der Waals surface area contributed by atoms with Crippen LogP contribution >= 0.6 is 0 Å². The lowest BCUT2D eigenvalue weighted by Crippen LogP contribution is -2.41. The Kier molecular flexibility index (Phi) is 5.40. The Morgan fingerprint density at radius 2 is 2.21 bits per heavy atom. The lowest BCUT2D eigenvalue weighted by molar-refractivity contribution is 0.0832. The van der Waals surface area contributed by atoms with Gasteiger partial charge < -0.3 is 10.1 Å². The van der Waals surface area contributed by atoms with Crippen molar-refractivity contribution in [1.82, 2.24) is 15.1 Å². The molecule has 1 fully saturated rings. The monoisotopic (exact) mass is 265 g/mol. The molecule has 1 aliphatic rings. The third-order valence-corrected chi connectivity index (χ3v) is 4.20. The fourth-order valence-electron chi connectivity index (χ4n) is 2.91. The van der Waals surface area contributed by atoms with E-state index in [-0.39, 0.29) is 6.10 Å². The third kappa shape index (κ3) is 3.80. The van der Waals surface area contributed by atoms with E-state index in [1.807, 2.05) is 0 Å². The fraction of sp³-hybridized carbons (Fsp3) is 0.800. The first-order chi connectivity index (χ1) is 9.24. The summed E-state index contributed by atoms with van der Waals surface area (Å²) in [4.78, 5) is 0. The highest BCUT2D eigenvalue weighted by Gasteiger charge is 2.20. The fourth-order valence-corrected chi connectivity index (χ4v) is 2.91. The van der Waals surface area contributed by atoms with Gasteiger partial charge in [-0.05, 0) is 32.4 Å². The Hall–Kier alpha value is -0.870. The van der Waals surface area contributed by atoms with Crippen LogP contribution in [0.1, 0.15) is 51.3 Å². The van der Waals surface area contributed by atoms with Gasteiger partial charge in [0.15, 0.2) is 0 Å². The van der Waals surface area contributed by atoms with Crippen LogP contribution in [0.25, 0.3) is 0 Å². The average Bonchev–Trinajstić information content (AvgIpc) is 3.07. The summed E-state index contributed by atoms with van der Waals surface area (Å²) in [5.74, 6) is 0. The van der Waals surface area contributed by atoms with Gasteiger partial charge in [0.25, 0.3) is 0 Å². The van der Waals surface area contributed by atoms with Gasteiger partial charge in [-0.15, -0.1) is 0 Å². The van der Waals surface area contributed by atoms with E-state index >= 15 is 0 Å². The zero-order chi connectivity index (χ0) is 13.7. The van der Waals surface area contributed by atoms with E-state index in [0.717, 1.165) is 13.0 Å². The minimum Gasteiger partial charge on any atom is -0.380 e. The lowest BCUT2D eigenvalue weighted by atomic mass is 10.1. The number of nitrogens with zero attached hydrogens (tertiary/aromatic N) is 2. The van der Waals surface area contributed by atoms with Gasteiger partial charge in [-0.25, -0.2) is 0 Å². The van der Waals surface area contributed by atoms with Crippen LogP contribution in [0.3, 0.4) is 0 Å². The van der Waals surface area contributed by atoms with Crippen molar-refractivity contribution in [3.05, 3.63) is 18.0 Å². The van der Waals surface area contributed by atoms with Crippen LogP contribution in [0.15, 0.2) is 12.3 Å². The van der Waals surface area contributed by atoms with E-state index in [9.17, 15) is 0 Å². The summed E-state index contributed by atoms with van der Waals surface area (Å²) in [5.41, 5.74) is 1.17. The topological polar surface area (TPSA) is 39.1 Å². The standard InChI is InChI=1S/C15H27N3O/c1-4-16-15(12(2)19-3)11-13-9-10-18(17-13)14-7-5-6-8-14/h9-10,12,14-16H,4-8,11H2,1-3H3. The number of nitrogens with one attached hydrogen (secondary N) is 1. The van der Waals surface area contributed by atoms with Crippen LogP contribution in [0.4, 0.5) is 0 Å². The Labute approximate surface area is 116 Å². The summed E-state index contributed by atoms with van der Waals surface area (Å²) in [6.45, 7) is 5.20. The molecule has 4 heteroatoms. The van der Waals surface area contributed by atoms with E-state index in [2.05, 4.69) is 36.1 Å². The molecule has 2 rings (SSSR count). The summed E-state index contributed by atoms with van der Waals surface area (Å²) in [7, 11) is 1.77. The first-order valence-electron chi connectivity index (χ1n) is 7.54. The number of ether oxygens (including phenoxy) is 1. The first-order valence-corrected chi connectivity index (χ1v) is 7.54. The molecule has 1 N–H and O–H groups in total. The molecular weight excluding hydrogens is 238 g/mol. The number of aromatic nitrogens is 2. The Balaban J connectivity index is 1.96. The molecule has 1 aliphatic carbocycles. The zero-order valence-corrected chi connectivity index (χ0v) is 12.4. The van der Waals surface area contributed by atoms with Crippen LogP contribution in [0, 0.1) is 0 Å². The summed E-state index contributed by atoms with van der Waals surface area (Å²) in [5, 5.41) is 8.24. The SMILES string of the molecule is CCNC(Cc1ccn(C2CCCC2)n1)C(C)OC. The summed E-state index contributed by atoms with van der Waals surface area (Å²) < 4.78 is 7.62. The van der Waals surface area contributed by atoms with Crippen LogP contribution in [-0.4, -0.2) is 35.6 Å². The van der Waals surface area contributed by atoms with E-state index in [4.69, 9.17) is 9.84 Å². The smallest absolute Gasteiger partial charge is 0.0700 e. The molecule has 1 heterocycles. The van der Waals surface area contributed by atoms with Crippen LogP contribution in [0.5, 0.6) is 0 Å². The van der Waals surface area contributed by atoms with E-state index < -0.39 is 0 Å². The zero-order valence-electron chi connectivity index (χ0n) is 12.4. The molecule has 108 valence electrons. The molecule has 0 amide bonds. The van der Waals surface area contributed by atoms with E-state index in [0.29, 0.717) is 12.1 Å². The number of methoxy groups -OCH3 is 1.